The molecule has 0 aliphatic heterocycles. The summed E-state index contributed by atoms with van der Waals surface area (Å²) in [5.41, 5.74) is 4.18. The molecule has 0 spiro atoms. The molecule has 0 unspecified atom stereocenters. The predicted molar refractivity (Wildman–Crippen MR) is 79.9 cm³/mol. The highest BCUT2D eigenvalue weighted by Gasteiger charge is 2.18. The summed E-state index contributed by atoms with van der Waals surface area (Å²) >= 11 is 0. The molecule has 0 saturated heterocycles. The lowest BCUT2D eigenvalue weighted by Gasteiger charge is -2.09. The molecule has 3 heteroatoms. The van der Waals surface area contributed by atoms with Crippen molar-refractivity contribution in [2.75, 3.05) is 0 Å². The highest BCUT2D eigenvalue weighted by atomic mass is 16.1. The van der Waals surface area contributed by atoms with Crippen molar-refractivity contribution in [3.63, 3.8) is 0 Å². The zero-order valence-electron chi connectivity index (χ0n) is 11.9. The third kappa shape index (κ3) is 1.92. The summed E-state index contributed by atoms with van der Waals surface area (Å²) in [7, 11) is 0. The molecule has 0 radical (unpaired) electrons. The number of fused-ring (bicyclic) bond motifs is 1. The van der Waals surface area contributed by atoms with E-state index in [4.69, 9.17) is 0 Å². The fourth-order valence-corrected chi connectivity index (χ4v) is 2.79. The quantitative estimate of drug-likeness (QED) is 0.621. The molecule has 0 bridgehead atoms. The van der Waals surface area contributed by atoms with Crippen LogP contribution in [0.15, 0.2) is 53.3 Å². The van der Waals surface area contributed by atoms with E-state index in [1.165, 1.54) is 5.56 Å². The number of aryl methyl sites for hydroxylation is 3. The first-order chi connectivity index (χ1) is 9.58. The zero-order chi connectivity index (χ0) is 14.3. The molecule has 2 aromatic heterocycles. The van der Waals surface area contributed by atoms with Gasteiger partial charge in [-0.05, 0) is 24.6 Å². The topological polar surface area (TPSA) is 25.9 Å². The molecule has 3 aromatic rings. The van der Waals surface area contributed by atoms with Crippen molar-refractivity contribution >= 4 is 10.9 Å². The Labute approximate surface area is 117 Å². The van der Waals surface area contributed by atoms with Crippen molar-refractivity contribution < 1.29 is 4.68 Å². The number of hydrogen-bond acceptors (Lipinski definition) is 1. The van der Waals surface area contributed by atoms with Crippen LogP contribution in [0.2, 0.25) is 0 Å². The molecule has 0 atom stereocenters. The molecule has 2 heterocycles. The van der Waals surface area contributed by atoms with E-state index in [0.29, 0.717) is 0 Å². The largest absolute Gasteiger partial charge is 0.307 e. The van der Waals surface area contributed by atoms with Crippen molar-refractivity contribution in [2.45, 2.75) is 20.8 Å². The first kappa shape index (κ1) is 12.6. The Kier molecular flexibility index (Phi) is 2.90. The fraction of sp³-hybridized carbons (Fsp3) is 0.176. The van der Waals surface area contributed by atoms with E-state index >= 15 is 0 Å². The molecule has 20 heavy (non-hydrogen) atoms. The highest BCUT2D eigenvalue weighted by molar-refractivity contribution is 5.78. The summed E-state index contributed by atoms with van der Waals surface area (Å²) in [6, 6.07) is 15.6. The molecule has 0 amide bonds. The minimum atomic E-state index is -0.0243. The average Bonchev–Trinajstić information content (AvgIpc) is 2.40. The summed E-state index contributed by atoms with van der Waals surface area (Å²) in [5, 5.41) is 1.05. The summed E-state index contributed by atoms with van der Waals surface area (Å²) in [6.07, 6.45) is 0. The molecule has 100 valence electrons. The summed E-state index contributed by atoms with van der Waals surface area (Å²) < 4.78 is 3.71. The zero-order valence-corrected chi connectivity index (χ0v) is 11.9. The van der Waals surface area contributed by atoms with E-state index in [0.717, 1.165) is 22.3 Å². The second-order valence-electron chi connectivity index (χ2n) is 5.17. The fourth-order valence-electron chi connectivity index (χ4n) is 2.79. The van der Waals surface area contributed by atoms with Crippen LogP contribution in [0.1, 0.15) is 17.0 Å². The molecule has 0 saturated carbocycles. The highest BCUT2D eigenvalue weighted by Crippen LogP contribution is 2.10. The summed E-state index contributed by atoms with van der Waals surface area (Å²) in [4.78, 5) is 12.4. The van der Waals surface area contributed by atoms with Crippen LogP contribution >= 0.6 is 0 Å². The van der Waals surface area contributed by atoms with Crippen molar-refractivity contribution in [2.24, 2.45) is 0 Å². The van der Waals surface area contributed by atoms with E-state index in [9.17, 15) is 4.79 Å². The van der Waals surface area contributed by atoms with Gasteiger partial charge in [-0.15, -0.1) is 0 Å². The van der Waals surface area contributed by atoms with Crippen molar-refractivity contribution in [1.82, 2.24) is 4.68 Å². The van der Waals surface area contributed by atoms with Gasteiger partial charge in [-0.2, -0.15) is 0 Å². The van der Waals surface area contributed by atoms with Gasteiger partial charge in [-0.3, -0.25) is 4.79 Å². The average molecular weight is 265 g/mol. The van der Waals surface area contributed by atoms with Gasteiger partial charge in [0.05, 0.1) is 0 Å². The molecule has 0 aliphatic carbocycles. The normalized spacial score (nSPS) is 10.9. The second kappa shape index (κ2) is 4.60. The molecule has 0 fully saturated rings. The lowest BCUT2D eigenvalue weighted by molar-refractivity contribution is -0.737. The van der Waals surface area contributed by atoms with Gasteiger partial charge in [-0.1, -0.05) is 27.6 Å². The molecule has 1 aromatic carbocycles. The van der Waals surface area contributed by atoms with Crippen LogP contribution in [0.25, 0.3) is 10.9 Å². The Morgan fingerprint density at radius 1 is 0.900 bits per heavy atom. The van der Waals surface area contributed by atoms with Crippen LogP contribution in [0.3, 0.4) is 0 Å². The standard InChI is InChI=1S/C17H17N2O/c1-12-10-13(2)18(14(3)11-12)19-16-7-5-4-6-15(16)8-9-17(19)20/h4-11H,1-3H3/q+1. The Morgan fingerprint density at radius 3 is 2.25 bits per heavy atom. The monoisotopic (exact) mass is 265 g/mol. The van der Waals surface area contributed by atoms with Gasteiger partial charge in [0.25, 0.3) is 0 Å². The van der Waals surface area contributed by atoms with Crippen LogP contribution in [0.4, 0.5) is 0 Å². The van der Waals surface area contributed by atoms with E-state index in [2.05, 4.69) is 19.1 Å². The lowest BCUT2D eigenvalue weighted by atomic mass is 10.2. The molecular formula is C17H17N2O+. The SMILES string of the molecule is Cc1cc(C)[n+](-n2c(=O)ccc3ccccc32)c(C)c1. The van der Waals surface area contributed by atoms with Crippen LogP contribution in [0.5, 0.6) is 0 Å². The maximum Gasteiger partial charge on any atom is 0.307 e. The van der Waals surface area contributed by atoms with Crippen LogP contribution in [-0.2, 0) is 0 Å². The smallest absolute Gasteiger partial charge is 0.263 e. The molecule has 3 rings (SSSR count). The predicted octanol–water partition coefficient (Wildman–Crippen LogP) is 2.53. The maximum absolute atomic E-state index is 12.4. The van der Waals surface area contributed by atoms with Crippen molar-refractivity contribution in [1.29, 1.82) is 0 Å². The van der Waals surface area contributed by atoms with Crippen LogP contribution in [-0.4, -0.2) is 4.68 Å². The molecule has 0 N–H and O–H groups in total. The Hall–Kier alpha value is -2.42. The Morgan fingerprint density at radius 2 is 1.55 bits per heavy atom. The molecular weight excluding hydrogens is 248 g/mol. The van der Waals surface area contributed by atoms with Gasteiger partial charge in [0.2, 0.25) is 11.4 Å². The Bertz CT molecular complexity index is 839. The third-order valence-electron chi connectivity index (χ3n) is 3.52. The van der Waals surface area contributed by atoms with Crippen LogP contribution < -0.4 is 10.2 Å². The number of pyridine rings is 2. The van der Waals surface area contributed by atoms with E-state index in [1.807, 2.05) is 48.9 Å². The number of benzene rings is 1. The summed E-state index contributed by atoms with van der Waals surface area (Å²) in [6.45, 7) is 6.11. The van der Waals surface area contributed by atoms with Crippen molar-refractivity contribution in [3.8, 4) is 0 Å². The van der Waals surface area contributed by atoms with E-state index in [-0.39, 0.29) is 5.56 Å². The summed E-state index contributed by atoms with van der Waals surface area (Å²) in [5.74, 6) is 0. The van der Waals surface area contributed by atoms with E-state index in [1.54, 1.807) is 10.7 Å². The third-order valence-corrected chi connectivity index (χ3v) is 3.52. The number of aromatic nitrogens is 2. The first-order valence-electron chi connectivity index (χ1n) is 6.69. The van der Waals surface area contributed by atoms with Gasteiger partial charge in [0.15, 0.2) is 0 Å². The van der Waals surface area contributed by atoms with Gasteiger partial charge >= 0.3 is 5.56 Å². The Balaban J connectivity index is 2.47. The number of para-hydroxylation sites is 1. The van der Waals surface area contributed by atoms with Crippen LogP contribution in [0, 0.1) is 20.8 Å². The maximum atomic E-state index is 12.4. The number of nitrogens with zero attached hydrogens (tertiary/aromatic N) is 2. The molecule has 0 aliphatic rings. The second-order valence-corrected chi connectivity index (χ2v) is 5.17. The van der Waals surface area contributed by atoms with Gasteiger partial charge in [0, 0.05) is 37.4 Å². The van der Waals surface area contributed by atoms with Gasteiger partial charge < -0.3 is 0 Å². The van der Waals surface area contributed by atoms with Crippen molar-refractivity contribution in [3.05, 3.63) is 75.8 Å². The van der Waals surface area contributed by atoms with Gasteiger partial charge in [0.1, 0.15) is 5.52 Å². The lowest BCUT2D eigenvalue weighted by Crippen LogP contribution is -2.53. The minimum Gasteiger partial charge on any atom is -0.263 e. The minimum absolute atomic E-state index is 0.0243. The van der Waals surface area contributed by atoms with Gasteiger partial charge in [-0.25, -0.2) is 0 Å². The molecule has 3 nitrogen and oxygen atoms in total. The van der Waals surface area contributed by atoms with E-state index < -0.39 is 0 Å². The number of hydrogen-bond donors (Lipinski definition) is 0. The first-order valence-corrected chi connectivity index (χ1v) is 6.69. The number of rotatable bonds is 1.